The highest BCUT2D eigenvalue weighted by molar-refractivity contribution is 6.60. The van der Waals surface area contributed by atoms with E-state index < -0.39 is 11.2 Å². The minimum absolute atomic E-state index is 0.118. The molecular weight excluding hydrogens is 1010 g/mol. The number of allylic oxidation sites excluding steroid dienone is 1. The largest absolute Gasteiger partial charge is 0.496 e. The number of nitrogens with zero attached hydrogens (tertiary/aromatic N) is 10. The number of pyridine rings is 4. The number of aromatic amines is 1. The lowest BCUT2D eigenvalue weighted by molar-refractivity contribution is 0.00578. The number of halogens is 1. The lowest BCUT2D eigenvalue weighted by Crippen LogP contribution is -2.41. The van der Waals surface area contributed by atoms with Gasteiger partial charge in [0, 0.05) is 74.2 Å². The van der Waals surface area contributed by atoms with Crippen LogP contribution in [0, 0.1) is 13.8 Å². The predicted octanol–water partition coefficient (Wildman–Crippen LogP) is 10.9. The number of hydrogen-bond acceptors (Lipinski definition) is 14. The van der Waals surface area contributed by atoms with Gasteiger partial charge in [-0.15, -0.1) is 0 Å². The monoisotopic (exact) mass is 1080 g/mol. The molecule has 7 aromatic rings. The number of likely N-dealkylation sites (tertiary alicyclic amines) is 2. The van der Waals surface area contributed by atoms with E-state index in [2.05, 4.69) is 87.1 Å². The van der Waals surface area contributed by atoms with Crippen molar-refractivity contribution in [3.05, 3.63) is 113 Å². The van der Waals surface area contributed by atoms with Gasteiger partial charge in [0.15, 0.2) is 0 Å². The number of nitrogens with one attached hydrogen (secondary N) is 3. The number of ether oxygens (including phenoxy) is 2. The Morgan fingerprint density at radius 1 is 0.744 bits per heavy atom. The Labute approximate surface area is 461 Å². The van der Waals surface area contributed by atoms with Crippen molar-refractivity contribution in [3.8, 4) is 33.9 Å². The molecule has 19 nitrogen and oxygen atoms in total. The number of carbonyl (C=O) groups is 2. The van der Waals surface area contributed by atoms with E-state index in [0.29, 0.717) is 31.2 Å². The number of aryl methyl sites for hydroxylation is 2. The molecular formula is C57H71BClN13O6. The van der Waals surface area contributed by atoms with Crippen LogP contribution in [0.4, 0.5) is 21.2 Å². The second-order valence-electron chi connectivity index (χ2n) is 23.1. The lowest BCUT2D eigenvalue weighted by Gasteiger charge is -2.32. The molecule has 3 N–H and O–H groups in total. The van der Waals surface area contributed by atoms with Gasteiger partial charge in [-0.05, 0) is 149 Å². The topological polar surface area (TPSA) is 203 Å². The molecule has 3 saturated heterocycles. The van der Waals surface area contributed by atoms with Crippen molar-refractivity contribution in [2.45, 2.75) is 130 Å². The molecule has 21 heteroatoms. The lowest BCUT2D eigenvalue weighted by atomic mass is 9.79. The van der Waals surface area contributed by atoms with E-state index in [4.69, 9.17) is 40.4 Å². The molecule has 2 atom stereocenters. The Morgan fingerprint density at radius 3 is 1.73 bits per heavy atom. The van der Waals surface area contributed by atoms with Crippen LogP contribution < -0.4 is 10.6 Å². The van der Waals surface area contributed by atoms with Crippen LogP contribution >= 0.6 is 11.6 Å². The first-order chi connectivity index (χ1) is 36.9. The van der Waals surface area contributed by atoms with Crippen LogP contribution in [0.15, 0.2) is 102 Å². The highest BCUT2D eigenvalue weighted by Crippen LogP contribution is 2.39. The van der Waals surface area contributed by atoms with Crippen LogP contribution in [-0.2, 0) is 18.8 Å². The molecule has 0 aliphatic carbocycles. The van der Waals surface area contributed by atoms with Crippen molar-refractivity contribution in [1.82, 2.24) is 48.7 Å². The fraction of sp³-hybridized carbons (Fsp3) is 0.439. The molecule has 0 saturated carbocycles. The Kier molecular flexibility index (Phi) is 15.8. The maximum Gasteiger partial charge on any atom is 0.496 e. The third-order valence-corrected chi connectivity index (χ3v) is 14.5. The number of anilines is 2. The number of amides is 2. The number of aromatic nitrogens is 8. The summed E-state index contributed by atoms with van der Waals surface area (Å²) in [7, 11) is -0.244. The number of aliphatic imine (C=N–C) groups is 1. The maximum absolute atomic E-state index is 12.4. The van der Waals surface area contributed by atoms with Gasteiger partial charge in [-0.1, -0.05) is 29.8 Å². The van der Waals surface area contributed by atoms with Gasteiger partial charge in [-0.2, -0.15) is 5.10 Å². The van der Waals surface area contributed by atoms with Crippen LogP contribution in [0.3, 0.4) is 0 Å². The molecule has 0 spiro atoms. The Morgan fingerprint density at radius 2 is 1.26 bits per heavy atom. The highest BCUT2D eigenvalue weighted by atomic mass is 35.5. The van der Waals surface area contributed by atoms with E-state index in [1.807, 2.05) is 132 Å². The quantitative estimate of drug-likeness (QED) is 0.121. The summed E-state index contributed by atoms with van der Waals surface area (Å²) in [6.45, 7) is 26.8. The van der Waals surface area contributed by atoms with Crippen molar-refractivity contribution in [3.63, 3.8) is 0 Å². The van der Waals surface area contributed by atoms with E-state index in [-0.39, 0.29) is 42.6 Å². The highest BCUT2D eigenvalue weighted by Gasteiger charge is 2.52. The number of fused-ring (bicyclic) bond motifs is 2. The van der Waals surface area contributed by atoms with Crippen molar-refractivity contribution in [1.29, 1.82) is 0 Å². The van der Waals surface area contributed by atoms with E-state index in [1.54, 1.807) is 16.0 Å². The minimum atomic E-state index is -0.497. The molecule has 0 radical (unpaired) electrons. The smallest absolute Gasteiger partial charge is 0.444 e. The first-order valence-electron chi connectivity index (χ1n) is 26.5. The van der Waals surface area contributed by atoms with E-state index in [1.165, 1.54) is 0 Å². The van der Waals surface area contributed by atoms with Crippen LogP contribution in [0.5, 0.6) is 0 Å². The maximum atomic E-state index is 12.4. The zero-order valence-electron chi connectivity index (χ0n) is 46.7. The number of hydrogen-bond donors (Lipinski definition) is 3. The summed E-state index contributed by atoms with van der Waals surface area (Å²) >= 11 is 6.30. The predicted molar refractivity (Wildman–Crippen MR) is 306 cm³/mol. The SMILES string of the molecule is CC1(C)OB(C2=CCN=C2)OC1(C)C.Cc1cc2ncc(-c3cccc(NC4CCN(C(=O)OC(C)(C)C)C4)n3)n2cc1-c1cn[nH]c1.Cc1cc2ncc(-c3cccc(NC4CCN(C(=O)OC(C)(C)C)C4)n3)n2cc1Cl. The third kappa shape index (κ3) is 13.0. The summed E-state index contributed by atoms with van der Waals surface area (Å²) in [5, 5.41) is 14.6. The van der Waals surface area contributed by atoms with Gasteiger partial charge in [0.05, 0.1) is 64.1 Å². The molecule has 78 heavy (non-hydrogen) atoms. The Bertz CT molecular complexity index is 3340. The Hall–Kier alpha value is -7.29. The van der Waals surface area contributed by atoms with E-state index in [9.17, 15) is 9.59 Å². The second kappa shape index (κ2) is 22.2. The third-order valence-electron chi connectivity index (χ3n) is 14.1. The number of imidazole rings is 2. The fourth-order valence-corrected chi connectivity index (χ4v) is 9.43. The molecule has 0 aromatic carbocycles. The number of carbonyl (C=O) groups excluding carboxylic acids is 2. The van der Waals surface area contributed by atoms with Crippen LogP contribution in [-0.4, -0.2) is 141 Å². The van der Waals surface area contributed by atoms with Crippen LogP contribution in [0.1, 0.15) is 93.2 Å². The summed E-state index contributed by atoms with van der Waals surface area (Å²) in [4.78, 5) is 50.9. The summed E-state index contributed by atoms with van der Waals surface area (Å²) in [5.74, 6) is 1.53. The zero-order valence-corrected chi connectivity index (χ0v) is 47.5. The van der Waals surface area contributed by atoms with Gasteiger partial charge in [0.1, 0.15) is 34.1 Å². The van der Waals surface area contributed by atoms with Gasteiger partial charge >= 0.3 is 19.3 Å². The average molecular weight is 1080 g/mol. The van der Waals surface area contributed by atoms with E-state index in [0.717, 1.165) is 92.8 Å². The van der Waals surface area contributed by atoms with Crippen LogP contribution in [0.2, 0.25) is 5.02 Å². The number of rotatable bonds is 8. The van der Waals surface area contributed by atoms with Crippen molar-refractivity contribution >= 4 is 60.1 Å². The van der Waals surface area contributed by atoms with Gasteiger partial charge in [-0.3, -0.25) is 18.9 Å². The number of H-pyrrole nitrogens is 1. The minimum Gasteiger partial charge on any atom is -0.444 e. The molecule has 2 amide bonds. The molecule has 11 rings (SSSR count). The first-order valence-corrected chi connectivity index (χ1v) is 26.9. The van der Waals surface area contributed by atoms with Crippen molar-refractivity contribution in [2.24, 2.45) is 4.99 Å². The van der Waals surface area contributed by atoms with Gasteiger partial charge in [-0.25, -0.2) is 29.5 Å². The second-order valence-corrected chi connectivity index (χ2v) is 23.5. The summed E-state index contributed by atoms with van der Waals surface area (Å²) in [6, 6.07) is 16.0. The van der Waals surface area contributed by atoms with Gasteiger partial charge < -0.3 is 39.2 Å². The van der Waals surface area contributed by atoms with Crippen LogP contribution in [0.25, 0.3) is 45.2 Å². The molecule has 11 heterocycles. The molecule has 0 bridgehead atoms. The van der Waals surface area contributed by atoms with Crippen molar-refractivity contribution < 1.29 is 28.4 Å². The van der Waals surface area contributed by atoms with E-state index >= 15 is 0 Å². The molecule has 4 aliphatic heterocycles. The summed E-state index contributed by atoms with van der Waals surface area (Å²) in [5.41, 5.74) is 8.87. The Balaban J connectivity index is 0.000000154. The van der Waals surface area contributed by atoms with Gasteiger partial charge in [0.2, 0.25) is 0 Å². The molecule has 410 valence electrons. The molecule has 3 fully saturated rings. The van der Waals surface area contributed by atoms with Gasteiger partial charge in [0.25, 0.3) is 0 Å². The normalized spacial score (nSPS) is 18.6. The molecule has 2 unspecified atom stereocenters. The summed E-state index contributed by atoms with van der Waals surface area (Å²) < 4.78 is 26.7. The average Bonchev–Trinajstić information content (AvgIpc) is 4.28. The summed E-state index contributed by atoms with van der Waals surface area (Å²) in [6.07, 6.45) is 16.3. The fourth-order valence-electron chi connectivity index (χ4n) is 9.27. The molecule has 4 aliphatic rings. The first kappa shape index (κ1) is 55.5. The standard InChI is InChI=1S/C25H29N7O2.C22H26ClN5O2.C10H16BNO2/c1-16-10-23-26-13-21(32(23)15-19(16)17-11-27-28-12-17)20-6-5-7-22(30-20)29-18-8-9-31(14-18)24(33)34-25(2,3)4;1-14-10-20-24-11-18(28(20)13-16(14)23)17-6-5-7-19(26-17)25-15-8-9-27(12-15)21(29)30-22(2,3)4;1-9(2)10(3,4)14-11(13-9)8-5-6-12-7-8/h5-7,10-13,15,18H,8-9,14H2,1-4H3,(H,27,28)(H,29,30);5-7,10-11,13,15H,8-9,12H2,1-4H3,(H,25,26);5,7H,6H2,1-4H3. The van der Waals surface area contributed by atoms with Crippen molar-refractivity contribution in [2.75, 3.05) is 43.4 Å². The molecule has 7 aromatic heterocycles. The zero-order chi connectivity index (χ0) is 55.7.